The normalized spacial score (nSPS) is 12.9. The fourth-order valence-corrected chi connectivity index (χ4v) is 3.30. The summed E-state index contributed by atoms with van der Waals surface area (Å²) in [5, 5.41) is 17.6. The Kier molecular flexibility index (Phi) is 6.45. The predicted molar refractivity (Wildman–Crippen MR) is 110 cm³/mol. The SMILES string of the molecule is CC(C)Cn1nc(C(=O)NCC(O)c2ccccc2C(F)(F)F)c2ccccc2c1=O. The van der Waals surface area contributed by atoms with Gasteiger partial charge in [-0.3, -0.25) is 9.59 Å². The highest BCUT2D eigenvalue weighted by Gasteiger charge is 2.34. The van der Waals surface area contributed by atoms with Crippen molar-refractivity contribution in [2.45, 2.75) is 32.7 Å². The van der Waals surface area contributed by atoms with Crippen LogP contribution in [0.4, 0.5) is 13.2 Å². The first-order valence-corrected chi connectivity index (χ1v) is 9.71. The zero-order valence-electron chi connectivity index (χ0n) is 17.0. The molecule has 1 heterocycles. The maximum absolute atomic E-state index is 13.2. The van der Waals surface area contributed by atoms with Gasteiger partial charge in [-0.1, -0.05) is 50.2 Å². The molecular weight excluding hydrogens is 411 g/mol. The Hall–Kier alpha value is -3.20. The molecule has 0 saturated heterocycles. The van der Waals surface area contributed by atoms with E-state index < -0.39 is 30.3 Å². The number of amides is 1. The molecule has 1 aromatic heterocycles. The minimum absolute atomic E-state index is 0.0350. The maximum atomic E-state index is 13.2. The molecule has 3 rings (SSSR count). The van der Waals surface area contributed by atoms with E-state index in [-0.39, 0.29) is 22.7 Å². The van der Waals surface area contributed by atoms with Crippen molar-refractivity contribution in [3.63, 3.8) is 0 Å². The van der Waals surface area contributed by atoms with Crippen LogP contribution in [0, 0.1) is 5.92 Å². The number of aliphatic hydroxyl groups is 1. The average molecular weight is 433 g/mol. The van der Waals surface area contributed by atoms with Crippen LogP contribution in [0.1, 0.15) is 41.6 Å². The van der Waals surface area contributed by atoms with Crippen molar-refractivity contribution < 1.29 is 23.1 Å². The first kappa shape index (κ1) is 22.5. The van der Waals surface area contributed by atoms with Crippen LogP contribution in [0.3, 0.4) is 0 Å². The number of nitrogens with zero attached hydrogens (tertiary/aromatic N) is 2. The van der Waals surface area contributed by atoms with Gasteiger partial charge >= 0.3 is 6.18 Å². The third-order valence-corrected chi connectivity index (χ3v) is 4.70. The monoisotopic (exact) mass is 433 g/mol. The summed E-state index contributed by atoms with van der Waals surface area (Å²) in [6.07, 6.45) is -6.21. The Bertz CT molecular complexity index is 1160. The van der Waals surface area contributed by atoms with E-state index in [0.717, 1.165) is 12.1 Å². The van der Waals surface area contributed by atoms with Crippen molar-refractivity contribution in [3.05, 3.63) is 75.7 Å². The molecule has 0 saturated carbocycles. The second-order valence-electron chi connectivity index (χ2n) is 7.59. The van der Waals surface area contributed by atoms with Gasteiger partial charge in [-0.05, 0) is 23.6 Å². The Morgan fingerprint density at radius 3 is 2.35 bits per heavy atom. The quantitative estimate of drug-likeness (QED) is 0.623. The van der Waals surface area contributed by atoms with Crippen molar-refractivity contribution in [1.82, 2.24) is 15.1 Å². The molecule has 6 nitrogen and oxygen atoms in total. The van der Waals surface area contributed by atoms with Gasteiger partial charge in [0.05, 0.1) is 17.1 Å². The number of aliphatic hydroxyl groups excluding tert-OH is 1. The van der Waals surface area contributed by atoms with Gasteiger partial charge in [0.25, 0.3) is 11.5 Å². The van der Waals surface area contributed by atoms with E-state index >= 15 is 0 Å². The van der Waals surface area contributed by atoms with Crippen molar-refractivity contribution >= 4 is 16.7 Å². The Balaban J connectivity index is 1.89. The molecule has 0 aliphatic heterocycles. The number of nitrogens with one attached hydrogen (secondary N) is 1. The second kappa shape index (κ2) is 8.89. The molecular formula is C22H22F3N3O3. The van der Waals surface area contributed by atoms with Gasteiger partial charge in [0, 0.05) is 18.5 Å². The third kappa shape index (κ3) is 4.93. The smallest absolute Gasteiger partial charge is 0.387 e. The number of halogens is 3. The third-order valence-electron chi connectivity index (χ3n) is 4.70. The van der Waals surface area contributed by atoms with Gasteiger partial charge in [0.2, 0.25) is 0 Å². The van der Waals surface area contributed by atoms with Crippen LogP contribution in [0.5, 0.6) is 0 Å². The van der Waals surface area contributed by atoms with Crippen LogP contribution >= 0.6 is 0 Å². The summed E-state index contributed by atoms with van der Waals surface area (Å²) in [5.41, 5.74) is -1.67. The highest BCUT2D eigenvalue weighted by molar-refractivity contribution is 6.04. The molecule has 2 aromatic carbocycles. The van der Waals surface area contributed by atoms with E-state index in [0.29, 0.717) is 17.3 Å². The number of carbonyl (C=O) groups is 1. The van der Waals surface area contributed by atoms with E-state index in [2.05, 4.69) is 10.4 Å². The fraction of sp³-hybridized carbons (Fsp3) is 0.318. The number of rotatable bonds is 6. The van der Waals surface area contributed by atoms with E-state index in [1.807, 2.05) is 13.8 Å². The van der Waals surface area contributed by atoms with Crippen LogP contribution in [0.15, 0.2) is 53.3 Å². The molecule has 0 radical (unpaired) electrons. The molecule has 31 heavy (non-hydrogen) atoms. The van der Waals surface area contributed by atoms with Crippen molar-refractivity contribution in [2.24, 2.45) is 5.92 Å². The fourth-order valence-electron chi connectivity index (χ4n) is 3.30. The average Bonchev–Trinajstić information content (AvgIpc) is 2.73. The van der Waals surface area contributed by atoms with Crippen molar-refractivity contribution in [3.8, 4) is 0 Å². The molecule has 0 bridgehead atoms. The lowest BCUT2D eigenvalue weighted by Crippen LogP contribution is -2.33. The first-order valence-electron chi connectivity index (χ1n) is 9.71. The van der Waals surface area contributed by atoms with Crippen LogP contribution < -0.4 is 10.9 Å². The van der Waals surface area contributed by atoms with Crippen LogP contribution in [0.25, 0.3) is 10.8 Å². The van der Waals surface area contributed by atoms with Crippen LogP contribution in [-0.4, -0.2) is 27.3 Å². The number of carbonyl (C=O) groups excluding carboxylic acids is 1. The summed E-state index contributed by atoms with van der Waals surface area (Å²) < 4.78 is 40.8. The summed E-state index contributed by atoms with van der Waals surface area (Å²) in [7, 11) is 0. The number of hydrogen-bond donors (Lipinski definition) is 2. The number of benzene rings is 2. The Morgan fingerprint density at radius 2 is 1.71 bits per heavy atom. The summed E-state index contributed by atoms with van der Waals surface area (Å²) in [6.45, 7) is 3.64. The topological polar surface area (TPSA) is 84.2 Å². The summed E-state index contributed by atoms with van der Waals surface area (Å²) in [4.78, 5) is 25.4. The lowest BCUT2D eigenvalue weighted by atomic mass is 10.0. The standard InChI is InChI=1S/C22H22F3N3O3/c1-13(2)12-28-21(31)15-8-4-3-7-14(15)19(27-28)20(30)26-11-18(29)16-9-5-6-10-17(16)22(23,24)25/h3-10,13,18,29H,11-12H2,1-2H3,(H,26,30). The second-order valence-corrected chi connectivity index (χ2v) is 7.59. The highest BCUT2D eigenvalue weighted by atomic mass is 19.4. The molecule has 9 heteroatoms. The van der Waals surface area contributed by atoms with Gasteiger partial charge in [-0.25, -0.2) is 4.68 Å². The number of hydrogen-bond acceptors (Lipinski definition) is 4. The largest absolute Gasteiger partial charge is 0.416 e. The van der Waals surface area contributed by atoms with Gasteiger partial charge < -0.3 is 10.4 Å². The molecule has 164 valence electrons. The summed E-state index contributed by atoms with van der Waals surface area (Å²) in [5.74, 6) is -0.597. The van der Waals surface area contributed by atoms with Gasteiger partial charge in [-0.2, -0.15) is 18.3 Å². The van der Waals surface area contributed by atoms with Gasteiger partial charge in [-0.15, -0.1) is 0 Å². The van der Waals surface area contributed by atoms with Crippen molar-refractivity contribution in [1.29, 1.82) is 0 Å². The maximum Gasteiger partial charge on any atom is 0.416 e. The lowest BCUT2D eigenvalue weighted by Gasteiger charge is -2.18. The van der Waals surface area contributed by atoms with E-state index in [4.69, 9.17) is 0 Å². The van der Waals surface area contributed by atoms with Gasteiger partial charge in [0.15, 0.2) is 5.69 Å². The molecule has 0 spiro atoms. The van der Waals surface area contributed by atoms with E-state index in [9.17, 15) is 27.9 Å². The lowest BCUT2D eigenvalue weighted by molar-refractivity contribution is -0.139. The van der Waals surface area contributed by atoms with E-state index in [1.54, 1.807) is 24.3 Å². The molecule has 2 N–H and O–H groups in total. The van der Waals surface area contributed by atoms with Crippen LogP contribution in [-0.2, 0) is 12.7 Å². The number of fused-ring (bicyclic) bond motifs is 1. The molecule has 1 amide bonds. The predicted octanol–water partition coefficient (Wildman–Crippen LogP) is 3.53. The zero-order chi connectivity index (χ0) is 22.8. The summed E-state index contributed by atoms with van der Waals surface area (Å²) in [6, 6.07) is 11.1. The minimum Gasteiger partial charge on any atom is -0.387 e. The Labute approximate surface area is 176 Å². The zero-order valence-corrected chi connectivity index (χ0v) is 17.0. The minimum atomic E-state index is -4.63. The Morgan fingerprint density at radius 1 is 1.10 bits per heavy atom. The first-order chi connectivity index (χ1) is 14.6. The molecule has 3 aromatic rings. The summed E-state index contributed by atoms with van der Waals surface area (Å²) >= 11 is 0. The molecule has 0 fully saturated rings. The van der Waals surface area contributed by atoms with E-state index in [1.165, 1.54) is 16.8 Å². The number of aromatic nitrogens is 2. The molecule has 1 unspecified atom stereocenters. The highest BCUT2D eigenvalue weighted by Crippen LogP contribution is 2.34. The van der Waals surface area contributed by atoms with Gasteiger partial charge in [0.1, 0.15) is 0 Å². The van der Waals surface area contributed by atoms with Crippen molar-refractivity contribution in [2.75, 3.05) is 6.54 Å². The molecule has 0 aliphatic rings. The molecule has 0 aliphatic carbocycles. The van der Waals surface area contributed by atoms with Crippen LogP contribution in [0.2, 0.25) is 0 Å². The molecule has 1 atom stereocenters. The number of alkyl halides is 3.